The average molecular weight is 583 g/mol. The van der Waals surface area contributed by atoms with E-state index in [1.807, 2.05) is 30.3 Å². The van der Waals surface area contributed by atoms with Crippen molar-refractivity contribution in [1.82, 2.24) is 20.3 Å². The van der Waals surface area contributed by atoms with Crippen LogP contribution in [0.15, 0.2) is 42.5 Å². The Hall–Kier alpha value is -4.24. The Bertz CT molecular complexity index is 1260. The Labute approximate surface area is 244 Å². The number of amides is 1. The molecule has 0 unspecified atom stereocenters. The zero-order valence-electron chi connectivity index (χ0n) is 23.4. The molecule has 7 N–H and O–H groups in total. The van der Waals surface area contributed by atoms with Crippen LogP contribution in [0.1, 0.15) is 27.9 Å². The number of para-hydroxylation sites is 1. The number of carbonyl (C=O) groups excluding carboxylic acids is 1. The topological polar surface area (TPSA) is 187 Å². The van der Waals surface area contributed by atoms with Crippen molar-refractivity contribution >= 4 is 23.8 Å². The molecule has 14 nitrogen and oxygen atoms in total. The van der Waals surface area contributed by atoms with E-state index in [1.165, 1.54) is 0 Å². The maximum Gasteiger partial charge on any atom is 0.251 e. The molecule has 42 heavy (non-hydrogen) atoms. The van der Waals surface area contributed by atoms with E-state index in [9.17, 15) is 4.79 Å². The van der Waals surface area contributed by atoms with Gasteiger partial charge in [-0.2, -0.15) is 15.0 Å². The Balaban J connectivity index is 1.29. The highest BCUT2D eigenvalue weighted by atomic mass is 16.7. The van der Waals surface area contributed by atoms with E-state index in [1.54, 1.807) is 12.1 Å². The molecule has 1 aliphatic rings. The molecule has 3 aromatic rings. The monoisotopic (exact) mass is 582 g/mol. The van der Waals surface area contributed by atoms with Gasteiger partial charge in [0.25, 0.3) is 5.91 Å². The van der Waals surface area contributed by atoms with Crippen LogP contribution >= 0.6 is 0 Å². The highest BCUT2D eigenvalue weighted by molar-refractivity contribution is 5.94. The summed E-state index contributed by atoms with van der Waals surface area (Å²) in [6.07, 6.45) is 0.557. The van der Waals surface area contributed by atoms with Crippen LogP contribution in [-0.2, 0) is 22.6 Å². The van der Waals surface area contributed by atoms with Gasteiger partial charge in [-0.1, -0.05) is 24.3 Å². The van der Waals surface area contributed by atoms with Gasteiger partial charge < -0.3 is 51.1 Å². The average Bonchev–Trinajstić information content (AvgIpc) is 3.50. The molecule has 0 fully saturated rings. The molecule has 4 rings (SSSR count). The van der Waals surface area contributed by atoms with Crippen molar-refractivity contribution in [3.8, 4) is 11.5 Å². The number of benzene rings is 2. The van der Waals surface area contributed by atoms with Gasteiger partial charge in [-0.25, -0.2) is 0 Å². The van der Waals surface area contributed by atoms with Crippen molar-refractivity contribution in [3.05, 3.63) is 59.2 Å². The van der Waals surface area contributed by atoms with Gasteiger partial charge in [0, 0.05) is 50.5 Å². The van der Waals surface area contributed by atoms with Crippen LogP contribution in [-0.4, -0.2) is 85.4 Å². The van der Waals surface area contributed by atoms with Crippen LogP contribution in [0.2, 0.25) is 0 Å². The molecule has 0 saturated heterocycles. The third-order valence-corrected chi connectivity index (χ3v) is 6.00. The van der Waals surface area contributed by atoms with Gasteiger partial charge in [0.2, 0.25) is 24.6 Å². The van der Waals surface area contributed by atoms with E-state index >= 15 is 0 Å². The summed E-state index contributed by atoms with van der Waals surface area (Å²) < 4.78 is 21.7. The molecule has 0 atom stereocenters. The SMILES string of the molecule is NCCOCCOCCNC(=O)c1ccc(CNc2nc(NCCCO)nc(NCc3cccc4c3OCO4)n2)cc1. The van der Waals surface area contributed by atoms with Gasteiger partial charge in [0.05, 0.1) is 26.4 Å². The van der Waals surface area contributed by atoms with E-state index in [0.717, 1.165) is 11.1 Å². The minimum Gasteiger partial charge on any atom is -0.454 e. The van der Waals surface area contributed by atoms with E-state index < -0.39 is 0 Å². The lowest BCUT2D eigenvalue weighted by atomic mass is 10.1. The molecule has 1 amide bonds. The quantitative estimate of drug-likeness (QED) is 0.111. The first-order chi connectivity index (χ1) is 20.7. The van der Waals surface area contributed by atoms with Gasteiger partial charge in [-0.15, -0.1) is 0 Å². The molecular weight excluding hydrogens is 544 g/mol. The second-order valence-corrected chi connectivity index (χ2v) is 9.13. The molecule has 0 radical (unpaired) electrons. The van der Waals surface area contributed by atoms with Crippen molar-refractivity contribution < 1.29 is 28.8 Å². The molecule has 1 aromatic heterocycles. The number of hydrogen-bond donors (Lipinski definition) is 6. The molecular formula is C28H38N8O6. The Morgan fingerprint density at radius 2 is 1.57 bits per heavy atom. The molecule has 14 heteroatoms. The van der Waals surface area contributed by atoms with Gasteiger partial charge in [0.15, 0.2) is 11.5 Å². The lowest BCUT2D eigenvalue weighted by molar-refractivity contribution is 0.0511. The molecule has 226 valence electrons. The van der Waals surface area contributed by atoms with Gasteiger partial charge >= 0.3 is 0 Å². The lowest BCUT2D eigenvalue weighted by Crippen LogP contribution is -2.27. The summed E-state index contributed by atoms with van der Waals surface area (Å²) in [7, 11) is 0. The van der Waals surface area contributed by atoms with E-state index in [-0.39, 0.29) is 19.3 Å². The first-order valence-electron chi connectivity index (χ1n) is 13.8. The normalized spacial score (nSPS) is 11.8. The number of anilines is 3. The number of carbonyl (C=O) groups is 1. The van der Waals surface area contributed by atoms with Crippen molar-refractivity contribution in [3.63, 3.8) is 0 Å². The summed E-state index contributed by atoms with van der Waals surface area (Å²) in [5.41, 5.74) is 7.76. The van der Waals surface area contributed by atoms with E-state index in [4.69, 9.17) is 29.8 Å². The van der Waals surface area contributed by atoms with Gasteiger partial charge in [0.1, 0.15) is 0 Å². The van der Waals surface area contributed by atoms with Crippen LogP contribution < -0.4 is 36.5 Å². The minimum absolute atomic E-state index is 0.0579. The zero-order chi connectivity index (χ0) is 29.4. The predicted octanol–water partition coefficient (Wildman–Crippen LogP) is 1.34. The predicted molar refractivity (Wildman–Crippen MR) is 157 cm³/mol. The first kappa shape index (κ1) is 30.7. The highest BCUT2D eigenvalue weighted by Gasteiger charge is 2.17. The van der Waals surface area contributed by atoms with Crippen molar-refractivity contribution in [2.24, 2.45) is 5.73 Å². The van der Waals surface area contributed by atoms with Crippen LogP contribution in [0, 0.1) is 0 Å². The summed E-state index contributed by atoms with van der Waals surface area (Å²) >= 11 is 0. The van der Waals surface area contributed by atoms with E-state index in [0.29, 0.717) is 100 Å². The maximum atomic E-state index is 12.4. The second kappa shape index (κ2) is 16.9. The van der Waals surface area contributed by atoms with Crippen LogP contribution in [0.3, 0.4) is 0 Å². The fraction of sp³-hybridized carbons (Fsp3) is 0.429. The first-order valence-corrected chi connectivity index (χ1v) is 13.8. The van der Waals surface area contributed by atoms with Gasteiger partial charge in [-0.3, -0.25) is 4.79 Å². The fourth-order valence-corrected chi connectivity index (χ4v) is 3.90. The maximum absolute atomic E-state index is 12.4. The molecule has 0 saturated carbocycles. The third-order valence-electron chi connectivity index (χ3n) is 6.00. The number of hydrogen-bond acceptors (Lipinski definition) is 13. The third kappa shape index (κ3) is 9.69. The summed E-state index contributed by atoms with van der Waals surface area (Å²) in [5, 5.41) is 21.5. The summed E-state index contributed by atoms with van der Waals surface area (Å²) in [4.78, 5) is 25.8. The Morgan fingerprint density at radius 1 is 0.857 bits per heavy atom. The van der Waals surface area contributed by atoms with Crippen molar-refractivity contribution in [1.29, 1.82) is 0 Å². The summed E-state index contributed by atoms with van der Waals surface area (Å²) in [5.74, 6) is 2.34. The number of nitrogens with one attached hydrogen (secondary N) is 4. The number of ether oxygens (including phenoxy) is 4. The number of rotatable bonds is 19. The fourth-order valence-electron chi connectivity index (χ4n) is 3.90. The standard InChI is InChI=1S/C28H38N8O6/c29-9-13-39-15-16-40-14-11-30-25(38)21-7-5-20(6-8-21)17-32-27-34-26(31-10-2-12-37)35-28(36-27)33-18-22-3-1-4-23-24(22)42-19-41-23/h1,3-8,37H,2,9-19,29H2,(H,30,38)(H3,31,32,33,34,35,36). The van der Waals surface area contributed by atoms with Crippen molar-refractivity contribution in [2.45, 2.75) is 19.5 Å². The zero-order valence-corrected chi connectivity index (χ0v) is 23.4. The van der Waals surface area contributed by atoms with Crippen LogP contribution in [0.5, 0.6) is 11.5 Å². The highest BCUT2D eigenvalue weighted by Crippen LogP contribution is 2.35. The molecule has 0 spiro atoms. The molecule has 2 aromatic carbocycles. The van der Waals surface area contributed by atoms with E-state index in [2.05, 4.69) is 36.2 Å². The van der Waals surface area contributed by atoms with Crippen molar-refractivity contribution in [2.75, 3.05) is 75.4 Å². The molecule has 0 bridgehead atoms. The lowest BCUT2D eigenvalue weighted by Gasteiger charge is -2.12. The number of aromatic nitrogens is 3. The van der Waals surface area contributed by atoms with Crippen LogP contribution in [0.25, 0.3) is 0 Å². The number of aliphatic hydroxyl groups excluding tert-OH is 1. The number of aliphatic hydroxyl groups is 1. The smallest absolute Gasteiger partial charge is 0.251 e. The largest absolute Gasteiger partial charge is 0.454 e. The molecule has 0 aliphatic carbocycles. The number of fused-ring (bicyclic) bond motifs is 1. The Morgan fingerprint density at radius 3 is 2.31 bits per heavy atom. The summed E-state index contributed by atoms with van der Waals surface area (Å²) in [6.45, 7) is 4.33. The number of nitrogens with zero attached hydrogens (tertiary/aromatic N) is 3. The van der Waals surface area contributed by atoms with Crippen LogP contribution in [0.4, 0.5) is 17.8 Å². The summed E-state index contributed by atoms with van der Waals surface area (Å²) in [6, 6.07) is 13.0. The minimum atomic E-state index is -0.176. The van der Waals surface area contributed by atoms with Gasteiger partial charge in [-0.05, 0) is 30.2 Å². The number of nitrogens with two attached hydrogens (primary N) is 1. The molecule has 2 heterocycles. The Kier molecular flexibility index (Phi) is 12.3. The molecule has 1 aliphatic heterocycles. The second-order valence-electron chi connectivity index (χ2n) is 9.13.